The monoisotopic (exact) mass is 316 g/mol. The number of rotatable bonds is 4. The van der Waals surface area contributed by atoms with E-state index in [0.29, 0.717) is 17.2 Å². The Labute approximate surface area is 134 Å². The molecule has 0 bridgehead atoms. The second-order valence-corrected chi connectivity index (χ2v) is 6.72. The van der Waals surface area contributed by atoms with E-state index >= 15 is 0 Å². The average molecular weight is 316 g/mol. The predicted molar refractivity (Wildman–Crippen MR) is 91.4 cm³/mol. The average Bonchev–Trinajstić information content (AvgIpc) is 2.85. The lowest BCUT2D eigenvalue weighted by atomic mass is 10.0. The summed E-state index contributed by atoms with van der Waals surface area (Å²) >= 11 is 1.55. The summed E-state index contributed by atoms with van der Waals surface area (Å²) in [5.74, 6) is -0.286. The van der Waals surface area contributed by atoms with Gasteiger partial charge in [0.2, 0.25) is 11.8 Å². The molecule has 2 amide bonds. The molecule has 0 atom stereocenters. The first kappa shape index (κ1) is 16.2. The van der Waals surface area contributed by atoms with Gasteiger partial charge in [0.15, 0.2) is 0 Å². The molecule has 0 spiro atoms. The number of nitrogens with two attached hydrogens (primary N) is 1. The molecule has 1 aromatic carbocycles. The quantitative estimate of drug-likeness (QED) is 0.897. The van der Waals surface area contributed by atoms with Crippen LogP contribution in [0.15, 0.2) is 24.3 Å². The van der Waals surface area contributed by atoms with E-state index in [1.54, 1.807) is 11.3 Å². The summed E-state index contributed by atoms with van der Waals surface area (Å²) < 4.78 is 0. The Hall–Kier alpha value is -2.14. The molecule has 116 valence electrons. The van der Waals surface area contributed by atoms with Gasteiger partial charge in [-0.1, -0.05) is 25.5 Å². The van der Waals surface area contributed by atoms with Crippen molar-refractivity contribution in [2.24, 2.45) is 5.73 Å². The smallest absolute Gasteiger partial charge is 0.250 e. The fourth-order valence-corrected chi connectivity index (χ4v) is 3.42. The highest BCUT2D eigenvalue weighted by Crippen LogP contribution is 2.39. The second kappa shape index (κ2) is 6.32. The highest BCUT2D eigenvalue weighted by atomic mass is 32.1. The molecule has 0 saturated heterocycles. The number of hydrogen-bond acceptors (Lipinski definition) is 3. The van der Waals surface area contributed by atoms with Gasteiger partial charge in [0.25, 0.3) is 0 Å². The Morgan fingerprint density at radius 1 is 1.23 bits per heavy atom. The molecule has 2 aromatic rings. The summed E-state index contributed by atoms with van der Waals surface area (Å²) in [6.07, 6.45) is 0. The normalized spacial score (nSPS) is 10.8. The zero-order chi connectivity index (χ0) is 16.4. The molecule has 0 aliphatic carbocycles. The summed E-state index contributed by atoms with van der Waals surface area (Å²) in [4.78, 5) is 25.1. The molecule has 0 aliphatic heterocycles. The Morgan fingerprint density at radius 2 is 1.91 bits per heavy atom. The van der Waals surface area contributed by atoms with E-state index in [-0.39, 0.29) is 5.91 Å². The number of anilines is 1. The Bertz CT molecular complexity index is 732. The van der Waals surface area contributed by atoms with Gasteiger partial charge < -0.3 is 11.1 Å². The van der Waals surface area contributed by atoms with Crippen LogP contribution < -0.4 is 11.1 Å². The van der Waals surface area contributed by atoms with Crippen molar-refractivity contribution in [3.05, 3.63) is 40.3 Å². The number of primary amides is 1. The standard InChI is InChI=1S/C17H20N2O2S/c1-9(2)15-8-13(17(18)21)16(22-15)12-7-10(3)5-6-14(12)19-11(4)20/h5-9H,1-4H3,(H2,18,21)(H,19,20). The predicted octanol–water partition coefficient (Wildman–Crippen LogP) is 3.90. The van der Waals surface area contributed by atoms with Gasteiger partial charge in [-0.3, -0.25) is 9.59 Å². The van der Waals surface area contributed by atoms with Gasteiger partial charge >= 0.3 is 0 Å². The second-order valence-electron chi connectivity index (χ2n) is 5.64. The van der Waals surface area contributed by atoms with Crippen molar-refractivity contribution >= 4 is 28.8 Å². The van der Waals surface area contributed by atoms with Crippen LogP contribution in [0.4, 0.5) is 5.69 Å². The van der Waals surface area contributed by atoms with Crippen molar-refractivity contribution in [2.75, 3.05) is 5.32 Å². The number of thiophene rings is 1. The van der Waals surface area contributed by atoms with Crippen LogP contribution in [0.25, 0.3) is 10.4 Å². The van der Waals surface area contributed by atoms with Crippen molar-refractivity contribution in [1.82, 2.24) is 0 Å². The lowest BCUT2D eigenvalue weighted by molar-refractivity contribution is -0.114. The number of carbonyl (C=O) groups is 2. The molecule has 1 aromatic heterocycles. The molecule has 0 saturated carbocycles. The van der Waals surface area contributed by atoms with Gasteiger partial charge in [0.1, 0.15) is 0 Å². The highest BCUT2D eigenvalue weighted by molar-refractivity contribution is 7.16. The van der Waals surface area contributed by atoms with Crippen LogP contribution in [-0.4, -0.2) is 11.8 Å². The van der Waals surface area contributed by atoms with E-state index in [1.807, 2.05) is 31.2 Å². The minimum Gasteiger partial charge on any atom is -0.366 e. The Morgan fingerprint density at radius 3 is 2.45 bits per heavy atom. The van der Waals surface area contributed by atoms with E-state index in [1.165, 1.54) is 6.92 Å². The van der Waals surface area contributed by atoms with Crippen LogP contribution in [0.2, 0.25) is 0 Å². The van der Waals surface area contributed by atoms with Gasteiger partial charge in [-0.05, 0) is 31.0 Å². The third-order valence-corrected chi connectivity index (χ3v) is 4.78. The maximum absolute atomic E-state index is 11.8. The Balaban J connectivity index is 2.66. The lowest BCUT2D eigenvalue weighted by Gasteiger charge is -2.11. The van der Waals surface area contributed by atoms with E-state index in [0.717, 1.165) is 20.9 Å². The van der Waals surface area contributed by atoms with Crippen LogP contribution >= 0.6 is 11.3 Å². The molecule has 2 rings (SSSR count). The summed E-state index contributed by atoms with van der Waals surface area (Å²) in [5.41, 5.74) is 8.62. The van der Waals surface area contributed by atoms with Crippen LogP contribution in [0.3, 0.4) is 0 Å². The number of carbonyl (C=O) groups excluding carboxylic acids is 2. The molecule has 1 heterocycles. The number of amides is 2. The first-order valence-corrected chi connectivity index (χ1v) is 7.93. The third-order valence-electron chi connectivity index (χ3n) is 3.32. The zero-order valence-corrected chi connectivity index (χ0v) is 14.0. The number of aryl methyl sites for hydroxylation is 1. The molecule has 0 unspecified atom stereocenters. The first-order chi connectivity index (χ1) is 10.3. The molecule has 0 radical (unpaired) electrons. The van der Waals surface area contributed by atoms with Crippen LogP contribution in [0.1, 0.15) is 47.5 Å². The van der Waals surface area contributed by atoms with E-state index in [2.05, 4.69) is 19.2 Å². The number of hydrogen-bond donors (Lipinski definition) is 2. The largest absolute Gasteiger partial charge is 0.366 e. The van der Waals surface area contributed by atoms with E-state index in [9.17, 15) is 9.59 Å². The molecule has 0 fully saturated rings. The molecule has 5 heteroatoms. The van der Waals surface area contributed by atoms with E-state index in [4.69, 9.17) is 5.73 Å². The maximum atomic E-state index is 11.8. The molecule has 22 heavy (non-hydrogen) atoms. The van der Waals surface area contributed by atoms with Gasteiger partial charge in [-0.25, -0.2) is 0 Å². The molecule has 4 nitrogen and oxygen atoms in total. The number of nitrogens with one attached hydrogen (secondary N) is 1. The minimum absolute atomic E-state index is 0.147. The molecular formula is C17H20N2O2S. The minimum atomic E-state index is -0.451. The molecular weight excluding hydrogens is 296 g/mol. The Kier molecular flexibility index (Phi) is 4.66. The molecule has 0 aliphatic rings. The van der Waals surface area contributed by atoms with Crippen molar-refractivity contribution in [1.29, 1.82) is 0 Å². The van der Waals surface area contributed by atoms with Crippen LogP contribution in [0, 0.1) is 6.92 Å². The van der Waals surface area contributed by atoms with E-state index < -0.39 is 5.91 Å². The van der Waals surface area contributed by atoms with Crippen molar-refractivity contribution in [3.8, 4) is 10.4 Å². The van der Waals surface area contributed by atoms with Crippen LogP contribution in [-0.2, 0) is 4.79 Å². The first-order valence-electron chi connectivity index (χ1n) is 7.11. The summed E-state index contributed by atoms with van der Waals surface area (Å²) in [5, 5.41) is 2.82. The van der Waals surface area contributed by atoms with Crippen LogP contribution in [0.5, 0.6) is 0 Å². The van der Waals surface area contributed by atoms with Crippen molar-refractivity contribution in [2.45, 2.75) is 33.6 Å². The zero-order valence-electron chi connectivity index (χ0n) is 13.2. The summed E-state index contributed by atoms with van der Waals surface area (Å²) in [6.45, 7) is 7.59. The van der Waals surface area contributed by atoms with Gasteiger partial charge in [-0.15, -0.1) is 11.3 Å². The summed E-state index contributed by atoms with van der Waals surface area (Å²) in [6, 6.07) is 7.60. The SMILES string of the molecule is CC(=O)Nc1ccc(C)cc1-c1sc(C(C)C)cc1C(N)=O. The fourth-order valence-electron chi connectivity index (χ4n) is 2.22. The maximum Gasteiger partial charge on any atom is 0.250 e. The van der Waals surface area contributed by atoms with Gasteiger partial charge in [0, 0.05) is 27.9 Å². The third kappa shape index (κ3) is 3.36. The number of benzene rings is 1. The van der Waals surface area contributed by atoms with Gasteiger partial charge in [0.05, 0.1) is 5.56 Å². The fraction of sp³-hybridized carbons (Fsp3) is 0.294. The lowest BCUT2D eigenvalue weighted by Crippen LogP contribution is -2.12. The topological polar surface area (TPSA) is 72.2 Å². The highest BCUT2D eigenvalue weighted by Gasteiger charge is 2.19. The summed E-state index contributed by atoms with van der Waals surface area (Å²) in [7, 11) is 0. The van der Waals surface area contributed by atoms with Crippen molar-refractivity contribution < 1.29 is 9.59 Å². The molecule has 3 N–H and O–H groups in total. The van der Waals surface area contributed by atoms with Crippen molar-refractivity contribution in [3.63, 3.8) is 0 Å². The van der Waals surface area contributed by atoms with Gasteiger partial charge in [-0.2, -0.15) is 0 Å².